The molecule has 0 aliphatic carbocycles. The van der Waals surface area contributed by atoms with E-state index >= 15 is 0 Å². The number of likely N-dealkylation sites (tertiary alicyclic amines) is 1. The van der Waals surface area contributed by atoms with Crippen molar-refractivity contribution >= 4 is 5.69 Å². The van der Waals surface area contributed by atoms with Crippen LogP contribution in [0.5, 0.6) is 5.75 Å². The predicted octanol–water partition coefficient (Wildman–Crippen LogP) is 2.78. The second-order valence-electron chi connectivity index (χ2n) is 5.53. The van der Waals surface area contributed by atoms with Crippen LogP contribution < -0.4 is 5.73 Å². The van der Waals surface area contributed by atoms with Gasteiger partial charge in [-0.3, -0.25) is 4.90 Å². The molecule has 3 N–H and O–H groups in total. The largest absolute Gasteiger partial charge is 0.506 e. The van der Waals surface area contributed by atoms with Gasteiger partial charge in [0.15, 0.2) is 0 Å². The van der Waals surface area contributed by atoms with Crippen LogP contribution in [0.3, 0.4) is 0 Å². The maximum atomic E-state index is 9.43. The molecule has 1 heterocycles. The van der Waals surface area contributed by atoms with Crippen molar-refractivity contribution in [2.24, 2.45) is 0 Å². The molecule has 1 saturated heterocycles. The summed E-state index contributed by atoms with van der Waals surface area (Å²) >= 11 is 0. The van der Waals surface area contributed by atoms with Crippen molar-refractivity contribution in [1.82, 2.24) is 4.90 Å². The number of hydrogen-bond donors (Lipinski definition) is 2. The second-order valence-corrected chi connectivity index (χ2v) is 5.53. The van der Waals surface area contributed by atoms with E-state index in [9.17, 15) is 5.11 Å². The number of nitrogen functional groups attached to an aromatic ring is 1. The third-order valence-corrected chi connectivity index (χ3v) is 4.04. The molecule has 3 heteroatoms. The lowest BCUT2D eigenvalue weighted by Crippen LogP contribution is -2.44. The first-order chi connectivity index (χ1) is 8.58. The normalized spacial score (nSPS) is 22.9. The highest BCUT2D eigenvalue weighted by molar-refractivity contribution is 5.53. The van der Waals surface area contributed by atoms with Crippen LogP contribution in [0.2, 0.25) is 0 Å². The van der Waals surface area contributed by atoms with E-state index in [4.69, 9.17) is 5.73 Å². The van der Waals surface area contributed by atoms with Gasteiger partial charge in [0.05, 0.1) is 5.69 Å². The van der Waals surface area contributed by atoms with Crippen molar-refractivity contribution < 1.29 is 5.11 Å². The van der Waals surface area contributed by atoms with Crippen LogP contribution in [0.25, 0.3) is 0 Å². The van der Waals surface area contributed by atoms with Gasteiger partial charge in [0.1, 0.15) is 5.75 Å². The molecule has 3 nitrogen and oxygen atoms in total. The fraction of sp³-hybridized carbons (Fsp3) is 0.600. The zero-order valence-corrected chi connectivity index (χ0v) is 11.4. The van der Waals surface area contributed by atoms with E-state index in [1.165, 1.54) is 31.4 Å². The monoisotopic (exact) mass is 248 g/mol. The third kappa shape index (κ3) is 2.96. The summed E-state index contributed by atoms with van der Waals surface area (Å²) in [6.45, 7) is 5.81. The van der Waals surface area contributed by atoms with Crippen LogP contribution in [0, 0.1) is 0 Å². The van der Waals surface area contributed by atoms with Crippen molar-refractivity contribution in [2.45, 2.75) is 51.6 Å². The minimum absolute atomic E-state index is 0.178. The molecule has 0 aromatic heterocycles. The first-order valence-electron chi connectivity index (χ1n) is 6.91. The van der Waals surface area contributed by atoms with Gasteiger partial charge in [-0.1, -0.05) is 12.5 Å². The number of rotatable bonds is 3. The Morgan fingerprint density at radius 2 is 2.22 bits per heavy atom. The molecule has 2 atom stereocenters. The Balaban J connectivity index is 2.01. The van der Waals surface area contributed by atoms with E-state index in [2.05, 4.69) is 18.7 Å². The van der Waals surface area contributed by atoms with Gasteiger partial charge in [0.25, 0.3) is 0 Å². The predicted molar refractivity (Wildman–Crippen MR) is 75.7 cm³/mol. The van der Waals surface area contributed by atoms with E-state index < -0.39 is 0 Å². The van der Waals surface area contributed by atoms with Crippen molar-refractivity contribution in [3.8, 4) is 5.75 Å². The first-order valence-corrected chi connectivity index (χ1v) is 6.91. The number of phenolic OH excluding ortho intramolecular Hbond substituents is 1. The standard InChI is InChI=1S/C15H24N2O/c1-11-5-3-4-8-17(11)12(2)9-13-6-7-15(18)14(16)10-13/h6-7,10-12,18H,3-5,8-9,16H2,1-2H3. The average molecular weight is 248 g/mol. The van der Waals surface area contributed by atoms with E-state index in [0.29, 0.717) is 17.8 Å². The van der Waals surface area contributed by atoms with Crippen molar-refractivity contribution in [3.63, 3.8) is 0 Å². The minimum atomic E-state index is 0.178. The van der Waals surface area contributed by atoms with Crippen LogP contribution >= 0.6 is 0 Å². The zero-order chi connectivity index (χ0) is 13.1. The molecule has 18 heavy (non-hydrogen) atoms. The summed E-state index contributed by atoms with van der Waals surface area (Å²) in [6.07, 6.45) is 4.97. The van der Waals surface area contributed by atoms with Crippen molar-refractivity contribution in [1.29, 1.82) is 0 Å². The lowest BCUT2D eigenvalue weighted by atomic mass is 9.98. The number of aromatic hydroxyl groups is 1. The Hall–Kier alpha value is -1.22. The molecule has 0 saturated carbocycles. The Bertz CT molecular complexity index is 405. The summed E-state index contributed by atoms with van der Waals surface area (Å²) in [5.74, 6) is 0.178. The molecule has 0 amide bonds. The molecule has 1 aromatic rings. The quantitative estimate of drug-likeness (QED) is 0.639. The van der Waals surface area contributed by atoms with E-state index in [-0.39, 0.29) is 5.75 Å². The molecule has 0 bridgehead atoms. The molecule has 2 rings (SSSR count). The number of anilines is 1. The van der Waals surface area contributed by atoms with Gasteiger partial charge in [-0.2, -0.15) is 0 Å². The smallest absolute Gasteiger partial charge is 0.138 e. The number of hydrogen-bond acceptors (Lipinski definition) is 3. The average Bonchev–Trinajstić information content (AvgIpc) is 2.34. The van der Waals surface area contributed by atoms with E-state index in [1.54, 1.807) is 6.07 Å². The Kier molecular flexibility index (Phi) is 4.12. The summed E-state index contributed by atoms with van der Waals surface area (Å²) in [5, 5.41) is 9.43. The topological polar surface area (TPSA) is 49.5 Å². The maximum absolute atomic E-state index is 9.43. The zero-order valence-electron chi connectivity index (χ0n) is 11.4. The van der Waals surface area contributed by atoms with Gasteiger partial charge in [-0.05, 0) is 57.4 Å². The molecule has 1 fully saturated rings. The Labute approximate surface area is 110 Å². The lowest BCUT2D eigenvalue weighted by Gasteiger charge is -2.38. The van der Waals surface area contributed by atoms with Gasteiger partial charge >= 0.3 is 0 Å². The van der Waals surface area contributed by atoms with Gasteiger partial charge in [-0.15, -0.1) is 0 Å². The summed E-state index contributed by atoms with van der Waals surface area (Å²) in [7, 11) is 0. The van der Waals surface area contributed by atoms with Gasteiger partial charge in [0.2, 0.25) is 0 Å². The van der Waals surface area contributed by atoms with Crippen LogP contribution in [0.1, 0.15) is 38.7 Å². The third-order valence-electron chi connectivity index (χ3n) is 4.04. The van der Waals surface area contributed by atoms with Crippen LogP contribution in [-0.2, 0) is 6.42 Å². The van der Waals surface area contributed by atoms with E-state index in [1.807, 2.05) is 12.1 Å². The van der Waals surface area contributed by atoms with Crippen LogP contribution in [0.15, 0.2) is 18.2 Å². The lowest BCUT2D eigenvalue weighted by molar-refractivity contribution is 0.114. The molecule has 2 unspecified atom stereocenters. The van der Waals surface area contributed by atoms with Crippen LogP contribution in [-0.4, -0.2) is 28.6 Å². The number of benzene rings is 1. The molecular weight excluding hydrogens is 224 g/mol. The number of nitrogens with zero attached hydrogens (tertiary/aromatic N) is 1. The highest BCUT2D eigenvalue weighted by Crippen LogP contribution is 2.24. The summed E-state index contributed by atoms with van der Waals surface area (Å²) in [5.41, 5.74) is 7.42. The number of piperidine rings is 1. The molecule has 1 aliphatic rings. The second kappa shape index (κ2) is 5.61. The minimum Gasteiger partial charge on any atom is -0.506 e. The fourth-order valence-electron chi connectivity index (χ4n) is 2.96. The maximum Gasteiger partial charge on any atom is 0.138 e. The number of nitrogens with two attached hydrogens (primary N) is 1. The van der Waals surface area contributed by atoms with Crippen LogP contribution in [0.4, 0.5) is 5.69 Å². The van der Waals surface area contributed by atoms with Crippen molar-refractivity contribution in [2.75, 3.05) is 12.3 Å². The molecule has 0 radical (unpaired) electrons. The fourth-order valence-corrected chi connectivity index (χ4v) is 2.96. The van der Waals surface area contributed by atoms with Gasteiger partial charge in [0, 0.05) is 12.1 Å². The molecule has 0 spiro atoms. The van der Waals surface area contributed by atoms with Gasteiger partial charge < -0.3 is 10.8 Å². The molecule has 100 valence electrons. The SMILES string of the molecule is CC1CCCCN1C(C)Cc1ccc(O)c(N)c1. The Morgan fingerprint density at radius 3 is 2.89 bits per heavy atom. The molecular formula is C15H24N2O. The molecule has 1 aromatic carbocycles. The van der Waals surface area contributed by atoms with E-state index in [0.717, 1.165) is 6.42 Å². The molecule has 1 aliphatic heterocycles. The first kappa shape index (κ1) is 13.2. The summed E-state index contributed by atoms with van der Waals surface area (Å²) < 4.78 is 0. The summed E-state index contributed by atoms with van der Waals surface area (Å²) in [6, 6.07) is 6.77. The van der Waals surface area contributed by atoms with Gasteiger partial charge in [-0.25, -0.2) is 0 Å². The summed E-state index contributed by atoms with van der Waals surface area (Å²) in [4.78, 5) is 2.59. The highest BCUT2D eigenvalue weighted by atomic mass is 16.3. The van der Waals surface area contributed by atoms with Crippen molar-refractivity contribution in [3.05, 3.63) is 23.8 Å². The highest BCUT2D eigenvalue weighted by Gasteiger charge is 2.23. The number of phenols is 1. The Morgan fingerprint density at radius 1 is 1.44 bits per heavy atom.